The summed E-state index contributed by atoms with van der Waals surface area (Å²) in [6.07, 6.45) is 0.859. The van der Waals surface area contributed by atoms with Crippen molar-refractivity contribution >= 4 is 0 Å². The lowest BCUT2D eigenvalue weighted by Gasteiger charge is -1.98. The minimum Gasteiger partial charge on any atom is -0.327 e. The molecule has 0 bridgehead atoms. The lowest BCUT2D eigenvalue weighted by molar-refractivity contribution is 0.428. The Morgan fingerprint density at radius 3 is 2.50 bits per heavy atom. The Labute approximate surface area is 69.8 Å². The maximum Gasteiger partial charge on any atom is 0.141 e. The third kappa shape index (κ3) is 4.96. The topological polar surface area (TPSA) is 26.0 Å². The van der Waals surface area contributed by atoms with E-state index in [0.29, 0.717) is 0 Å². The van der Waals surface area contributed by atoms with E-state index in [4.69, 9.17) is 5.73 Å². The highest BCUT2D eigenvalue weighted by Crippen LogP contribution is 2.06. The molecule has 0 radical (unpaired) electrons. The molecular weight excluding hydrogens is 167 g/mol. The fourth-order valence-corrected chi connectivity index (χ4v) is 0.710. The van der Waals surface area contributed by atoms with Gasteiger partial charge in [0.2, 0.25) is 0 Å². The lowest BCUT2D eigenvalue weighted by atomic mass is 10.2. The molecule has 0 aliphatic carbocycles. The van der Waals surface area contributed by atoms with Gasteiger partial charge in [0.1, 0.15) is 18.7 Å². The molecular formula is C8H12F3N. The summed E-state index contributed by atoms with van der Waals surface area (Å²) in [5, 5.41) is 0. The Balaban J connectivity index is 4.36. The first-order chi connectivity index (χ1) is 5.60. The highest BCUT2D eigenvalue weighted by Gasteiger charge is 1.98. The second-order valence-electron chi connectivity index (χ2n) is 2.35. The van der Waals surface area contributed by atoms with Crippen LogP contribution in [0.15, 0.2) is 23.6 Å². The zero-order valence-electron chi connectivity index (χ0n) is 6.86. The first-order valence-electron chi connectivity index (χ1n) is 3.57. The Bertz CT molecular complexity index is 185. The van der Waals surface area contributed by atoms with Crippen molar-refractivity contribution in [3.8, 4) is 0 Å². The molecule has 0 aromatic heterocycles. The van der Waals surface area contributed by atoms with E-state index in [2.05, 4.69) is 0 Å². The van der Waals surface area contributed by atoms with Gasteiger partial charge < -0.3 is 5.73 Å². The van der Waals surface area contributed by atoms with Crippen LogP contribution in [0.3, 0.4) is 0 Å². The van der Waals surface area contributed by atoms with E-state index >= 15 is 0 Å². The van der Waals surface area contributed by atoms with Crippen LogP contribution in [0.4, 0.5) is 13.2 Å². The molecule has 0 aromatic carbocycles. The van der Waals surface area contributed by atoms with Gasteiger partial charge in [-0.1, -0.05) is 0 Å². The van der Waals surface area contributed by atoms with Crippen LogP contribution in [0.5, 0.6) is 0 Å². The lowest BCUT2D eigenvalue weighted by Crippen LogP contribution is -2.03. The number of allylic oxidation sites excluding steroid dienone is 2. The number of hydrogen-bond acceptors (Lipinski definition) is 1. The van der Waals surface area contributed by atoms with E-state index in [1.54, 1.807) is 0 Å². The first kappa shape index (κ1) is 11.2. The quantitative estimate of drug-likeness (QED) is 0.657. The summed E-state index contributed by atoms with van der Waals surface area (Å²) < 4.78 is 36.2. The Hall–Kier alpha value is -0.770. The van der Waals surface area contributed by atoms with E-state index in [1.807, 2.05) is 0 Å². The van der Waals surface area contributed by atoms with Crippen molar-refractivity contribution in [2.75, 3.05) is 13.2 Å². The fourth-order valence-electron chi connectivity index (χ4n) is 0.710. The van der Waals surface area contributed by atoms with Crippen LogP contribution in [-0.2, 0) is 0 Å². The molecule has 0 aliphatic rings. The number of halogens is 3. The predicted octanol–water partition coefficient (Wildman–Crippen LogP) is 2.05. The van der Waals surface area contributed by atoms with E-state index in [-0.39, 0.29) is 12.1 Å². The molecule has 1 nitrogen and oxygen atoms in total. The molecule has 4 heteroatoms. The minimum absolute atomic E-state index is 0.00167. The van der Waals surface area contributed by atoms with Crippen LogP contribution in [0.25, 0.3) is 0 Å². The summed E-state index contributed by atoms with van der Waals surface area (Å²) in [5.74, 6) is -0.938. The molecule has 0 saturated carbocycles. The highest BCUT2D eigenvalue weighted by molar-refractivity contribution is 5.23. The molecule has 1 unspecified atom stereocenters. The fraction of sp³-hybridized carbons (Fsp3) is 0.500. The van der Waals surface area contributed by atoms with E-state index in [9.17, 15) is 13.2 Å². The van der Waals surface area contributed by atoms with Crippen LogP contribution in [0, 0.1) is 0 Å². The highest BCUT2D eigenvalue weighted by atomic mass is 19.2. The van der Waals surface area contributed by atoms with Crippen molar-refractivity contribution in [3.05, 3.63) is 23.6 Å². The Kier molecular flexibility index (Phi) is 5.45. The zero-order chi connectivity index (χ0) is 9.56. The third-order valence-electron chi connectivity index (χ3n) is 1.15. The number of alkyl halides is 2. The summed E-state index contributed by atoms with van der Waals surface area (Å²) >= 11 is 0. The summed E-state index contributed by atoms with van der Waals surface area (Å²) in [7, 11) is 0. The van der Waals surface area contributed by atoms with Crippen molar-refractivity contribution in [3.63, 3.8) is 0 Å². The molecule has 0 saturated heterocycles. The number of hydrogen-bond donors (Lipinski definition) is 1. The first-order valence-corrected chi connectivity index (χ1v) is 3.57. The molecule has 70 valence electrons. The zero-order valence-corrected chi connectivity index (χ0v) is 6.86. The normalized spacial score (nSPS) is 16.4. The van der Waals surface area contributed by atoms with Crippen LogP contribution in [0.1, 0.15) is 6.92 Å². The van der Waals surface area contributed by atoms with Crippen molar-refractivity contribution in [1.82, 2.24) is 0 Å². The van der Waals surface area contributed by atoms with E-state index in [1.165, 1.54) is 6.92 Å². The van der Waals surface area contributed by atoms with Gasteiger partial charge in [-0.05, 0) is 24.6 Å². The maximum atomic E-state index is 12.3. The van der Waals surface area contributed by atoms with Crippen molar-refractivity contribution in [1.29, 1.82) is 0 Å². The summed E-state index contributed by atoms with van der Waals surface area (Å²) in [5.41, 5.74) is 5.42. The van der Waals surface area contributed by atoms with E-state index in [0.717, 1.165) is 12.2 Å². The molecule has 0 amide bonds. The minimum atomic E-state index is -1.20. The smallest absolute Gasteiger partial charge is 0.141 e. The average Bonchev–Trinajstić information content (AvgIpc) is 2.02. The second kappa shape index (κ2) is 5.83. The van der Waals surface area contributed by atoms with Crippen LogP contribution in [-0.4, -0.2) is 19.4 Å². The van der Waals surface area contributed by atoms with Crippen LogP contribution >= 0.6 is 0 Å². The molecule has 0 heterocycles. The Morgan fingerprint density at radius 2 is 2.17 bits per heavy atom. The van der Waals surface area contributed by atoms with Gasteiger partial charge in [-0.2, -0.15) is 0 Å². The maximum absolute atomic E-state index is 12.3. The Morgan fingerprint density at radius 1 is 1.58 bits per heavy atom. The summed E-state index contributed by atoms with van der Waals surface area (Å²) in [6.45, 7) is 0.108. The average molecular weight is 179 g/mol. The molecule has 1 atom stereocenters. The standard InChI is InChI=1S/C8H12F3N/c1-6(10)2-7(5-12)3-8(11)4-9/h2-3,6H,4-5,12H2,1H3/b7-2+,8-3+. The molecule has 0 spiro atoms. The van der Waals surface area contributed by atoms with Gasteiger partial charge in [0, 0.05) is 6.54 Å². The van der Waals surface area contributed by atoms with Crippen LogP contribution < -0.4 is 5.73 Å². The largest absolute Gasteiger partial charge is 0.327 e. The van der Waals surface area contributed by atoms with Gasteiger partial charge in [0.25, 0.3) is 0 Å². The van der Waals surface area contributed by atoms with Crippen molar-refractivity contribution in [2.24, 2.45) is 5.73 Å². The SMILES string of the molecule is CC(F)/C=C(\C=C(\F)CF)CN. The van der Waals surface area contributed by atoms with Crippen molar-refractivity contribution in [2.45, 2.75) is 13.1 Å². The molecule has 0 fully saturated rings. The van der Waals surface area contributed by atoms with Gasteiger partial charge in [-0.15, -0.1) is 0 Å². The summed E-state index contributed by atoms with van der Waals surface area (Å²) in [4.78, 5) is 0. The van der Waals surface area contributed by atoms with Gasteiger partial charge in [0.15, 0.2) is 0 Å². The molecule has 0 aromatic rings. The second-order valence-corrected chi connectivity index (χ2v) is 2.35. The van der Waals surface area contributed by atoms with Gasteiger partial charge >= 0.3 is 0 Å². The van der Waals surface area contributed by atoms with E-state index < -0.39 is 18.7 Å². The van der Waals surface area contributed by atoms with Crippen molar-refractivity contribution < 1.29 is 13.2 Å². The third-order valence-corrected chi connectivity index (χ3v) is 1.15. The summed E-state index contributed by atoms with van der Waals surface area (Å²) in [6, 6.07) is 0. The van der Waals surface area contributed by atoms with Gasteiger partial charge in [-0.3, -0.25) is 0 Å². The molecule has 2 N–H and O–H groups in total. The molecule has 0 rings (SSSR count). The van der Waals surface area contributed by atoms with Gasteiger partial charge in [0.05, 0.1) is 0 Å². The molecule has 0 aliphatic heterocycles. The van der Waals surface area contributed by atoms with Crippen LogP contribution in [0.2, 0.25) is 0 Å². The monoisotopic (exact) mass is 179 g/mol. The number of nitrogens with two attached hydrogens (primary N) is 1. The predicted molar refractivity (Wildman–Crippen MR) is 42.9 cm³/mol. The van der Waals surface area contributed by atoms with Gasteiger partial charge in [-0.25, -0.2) is 13.2 Å². The molecule has 12 heavy (non-hydrogen) atoms. The number of rotatable bonds is 4.